The fourth-order valence-electron chi connectivity index (χ4n) is 1.42. The zero-order chi connectivity index (χ0) is 14.6. The molecule has 0 saturated carbocycles. The van der Waals surface area contributed by atoms with Gasteiger partial charge in [-0.25, -0.2) is 4.79 Å². The largest absolute Gasteiger partial charge is 0.394 e. The molecule has 108 valence electrons. The molecule has 2 aromatic heterocycles. The molecule has 2 aromatic rings. The molecule has 0 fully saturated rings. The molecule has 0 aliphatic heterocycles. The van der Waals surface area contributed by atoms with E-state index in [2.05, 4.69) is 20.8 Å². The van der Waals surface area contributed by atoms with Crippen LogP contribution in [-0.4, -0.2) is 33.5 Å². The lowest BCUT2D eigenvalue weighted by Gasteiger charge is -2.26. The van der Waals surface area contributed by atoms with Crippen LogP contribution in [0.1, 0.15) is 20.3 Å². The van der Waals surface area contributed by atoms with E-state index < -0.39 is 11.6 Å². The molecule has 0 aliphatic rings. The van der Waals surface area contributed by atoms with Crippen LogP contribution in [0.3, 0.4) is 0 Å². The van der Waals surface area contributed by atoms with E-state index in [4.69, 9.17) is 0 Å². The van der Waals surface area contributed by atoms with Crippen LogP contribution in [-0.2, 0) is 0 Å². The summed E-state index contributed by atoms with van der Waals surface area (Å²) in [4.78, 5) is 11.8. The summed E-state index contributed by atoms with van der Waals surface area (Å²) >= 11 is 2.89. The van der Waals surface area contributed by atoms with Crippen LogP contribution < -0.4 is 10.6 Å². The Hall–Kier alpha value is -1.51. The number of nitrogens with zero attached hydrogens (tertiary/aromatic N) is 2. The van der Waals surface area contributed by atoms with Crippen LogP contribution in [0.4, 0.5) is 9.93 Å². The maximum Gasteiger partial charge on any atom is 0.321 e. The van der Waals surface area contributed by atoms with E-state index >= 15 is 0 Å². The van der Waals surface area contributed by atoms with Crippen molar-refractivity contribution in [3.05, 3.63) is 16.8 Å². The summed E-state index contributed by atoms with van der Waals surface area (Å²) in [5, 5.41) is 27.7. The number of aliphatic hydroxyl groups excluding tert-OH is 1. The molecule has 3 N–H and O–H groups in total. The Balaban J connectivity index is 1.99. The molecule has 2 amide bonds. The van der Waals surface area contributed by atoms with Crippen LogP contribution in [0.25, 0.3) is 10.6 Å². The first-order chi connectivity index (χ1) is 9.56. The van der Waals surface area contributed by atoms with E-state index in [0.717, 1.165) is 10.6 Å². The highest BCUT2D eigenvalue weighted by molar-refractivity contribution is 7.19. The van der Waals surface area contributed by atoms with Crippen LogP contribution in [0.5, 0.6) is 0 Å². The summed E-state index contributed by atoms with van der Waals surface area (Å²) < 4.78 is 0. The number of urea groups is 1. The van der Waals surface area contributed by atoms with E-state index in [-0.39, 0.29) is 6.61 Å². The Morgan fingerprint density at radius 3 is 2.90 bits per heavy atom. The lowest BCUT2D eigenvalue weighted by atomic mass is 10.0. The van der Waals surface area contributed by atoms with Crippen molar-refractivity contribution in [2.24, 2.45) is 0 Å². The van der Waals surface area contributed by atoms with Gasteiger partial charge in [0.1, 0.15) is 5.01 Å². The number of nitrogens with one attached hydrogen (secondary N) is 2. The number of aromatic nitrogens is 2. The second-order valence-electron chi connectivity index (χ2n) is 4.58. The lowest BCUT2D eigenvalue weighted by molar-refractivity contribution is 0.172. The Labute approximate surface area is 124 Å². The summed E-state index contributed by atoms with van der Waals surface area (Å²) in [6, 6.07) is 1.56. The van der Waals surface area contributed by atoms with Crippen molar-refractivity contribution in [1.29, 1.82) is 0 Å². The van der Waals surface area contributed by atoms with Gasteiger partial charge in [-0.15, -0.1) is 10.2 Å². The zero-order valence-corrected chi connectivity index (χ0v) is 12.8. The van der Waals surface area contributed by atoms with Gasteiger partial charge in [-0.05, 0) is 24.8 Å². The second kappa shape index (κ2) is 6.29. The number of hydrogen-bond acceptors (Lipinski definition) is 6. The van der Waals surface area contributed by atoms with Gasteiger partial charge in [-0.2, -0.15) is 11.3 Å². The highest BCUT2D eigenvalue weighted by Crippen LogP contribution is 2.27. The number of aliphatic hydroxyl groups is 1. The first kappa shape index (κ1) is 14.9. The lowest BCUT2D eigenvalue weighted by Crippen LogP contribution is -2.50. The van der Waals surface area contributed by atoms with Gasteiger partial charge >= 0.3 is 6.03 Å². The van der Waals surface area contributed by atoms with Crippen molar-refractivity contribution in [1.82, 2.24) is 15.5 Å². The van der Waals surface area contributed by atoms with Crippen molar-refractivity contribution in [3.63, 3.8) is 0 Å². The molecular weight excluding hydrogens is 296 g/mol. The minimum atomic E-state index is -0.634. The topological polar surface area (TPSA) is 87.1 Å². The molecule has 0 bridgehead atoms. The van der Waals surface area contributed by atoms with Gasteiger partial charge in [-0.1, -0.05) is 18.3 Å². The fourth-order valence-corrected chi connectivity index (χ4v) is 2.87. The van der Waals surface area contributed by atoms with Crippen LogP contribution >= 0.6 is 22.7 Å². The fraction of sp³-hybridized carbons (Fsp3) is 0.417. The molecule has 0 spiro atoms. The van der Waals surface area contributed by atoms with Crippen molar-refractivity contribution in [2.45, 2.75) is 25.8 Å². The Morgan fingerprint density at radius 2 is 2.30 bits per heavy atom. The molecule has 2 rings (SSSR count). The molecule has 1 atom stereocenters. The van der Waals surface area contributed by atoms with Crippen LogP contribution in [0, 0.1) is 0 Å². The molecule has 0 radical (unpaired) electrons. The van der Waals surface area contributed by atoms with E-state index in [1.807, 2.05) is 23.8 Å². The molecule has 1 unspecified atom stereocenters. The van der Waals surface area contributed by atoms with Gasteiger partial charge in [0.2, 0.25) is 5.13 Å². The van der Waals surface area contributed by atoms with Gasteiger partial charge in [0, 0.05) is 10.9 Å². The number of carbonyl (C=O) groups excluding carboxylic acids is 1. The molecule has 0 aliphatic carbocycles. The molecular formula is C12H16N4O2S2. The zero-order valence-electron chi connectivity index (χ0n) is 11.2. The maximum atomic E-state index is 11.8. The number of hydrogen-bond donors (Lipinski definition) is 3. The third kappa shape index (κ3) is 3.53. The van der Waals surface area contributed by atoms with Crippen LogP contribution in [0.2, 0.25) is 0 Å². The molecule has 0 aromatic carbocycles. The highest BCUT2D eigenvalue weighted by atomic mass is 32.1. The monoisotopic (exact) mass is 312 g/mol. The minimum Gasteiger partial charge on any atom is -0.394 e. The third-order valence-corrected chi connectivity index (χ3v) is 4.53. The number of amides is 2. The number of thiophene rings is 1. The van der Waals surface area contributed by atoms with E-state index in [1.165, 1.54) is 11.3 Å². The van der Waals surface area contributed by atoms with Crippen molar-refractivity contribution in [3.8, 4) is 10.6 Å². The molecule has 6 nitrogen and oxygen atoms in total. The number of carbonyl (C=O) groups is 1. The van der Waals surface area contributed by atoms with Gasteiger partial charge in [0.15, 0.2) is 0 Å². The summed E-state index contributed by atoms with van der Waals surface area (Å²) in [5.74, 6) is 0. The normalized spacial score (nSPS) is 13.8. The molecule has 8 heteroatoms. The molecule has 2 heterocycles. The number of rotatable bonds is 5. The smallest absolute Gasteiger partial charge is 0.321 e. The predicted octanol–water partition coefficient (Wildman–Crippen LogP) is 2.55. The summed E-state index contributed by atoms with van der Waals surface area (Å²) in [6.45, 7) is 3.56. The Kier molecular flexibility index (Phi) is 4.69. The second-order valence-corrected chi connectivity index (χ2v) is 6.33. The van der Waals surface area contributed by atoms with Crippen molar-refractivity contribution in [2.75, 3.05) is 11.9 Å². The minimum absolute atomic E-state index is 0.118. The maximum absolute atomic E-state index is 11.8. The first-order valence-corrected chi connectivity index (χ1v) is 7.88. The highest BCUT2D eigenvalue weighted by Gasteiger charge is 2.23. The van der Waals surface area contributed by atoms with E-state index in [9.17, 15) is 9.90 Å². The van der Waals surface area contributed by atoms with E-state index in [1.54, 1.807) is 18.3 Å². The van der Waals surface area contributed by atoms with E-state index in [0.29, 0.717) is 11.6 Å². The SMILES string of the molecule is CCC(C)(CO)NC(=O)Nc1nnc(-c2ccsc2)s1. The Morgan fingerprint density at radius 1 is 1.50 bits per heavy atom. The third-order valence-electron chi connectivity index (χ3n) is 2.96. The van der Waals surface area contributed by atoms with Crippen molar-refractivity contribution < 1.29 is 9.90 Å². The van der Waals surface area contributed by atoms with Gasteiger partial charge in [0.25, 0.3) is 0 Å². The first-order valence-electron chi connectivity index (χ1n) is 6.12. The summed E-state index contributed by atoms with van der Waals surface area (Å²) in [7, 11) is 0. The standard InChI is InChI=1S/C12H16N4O2S2/c1-3-12(2,7-17)14-10(18)13-11-16-15-9(20-11)8-4-5-19-6-8/h4-6,17H,3,7H2,1-2H3,(H2,13,14,16,18). The average molecular weight is 312 g/mol. The van der Waals surface area contributed by atoms with Crippen LogP contribution in [0.15, 0.2) is 16.8 Å². The van der Waals surface area contributed by atoms with Gasteiger partial charge in [0.05, 0.1) is 12.1 Å². The molecule has 20 heavy (non-hydrogen) atoms. The quantitative estimate of drug-likeness (QED) is 0.792. The Bertz CT molecular complexity index is 564. The van der Waals surface area contributed by atoms with Crippen molar-refractivity contribution >= 4 is 33.8 Å². The summed E-state index contributed by atoms with van der Waals surface area (Å²) in [6.07, 6.45) is 0.632. The summed E-state index contributed by atoms with van der Waals surface area (Å²) in [5.41, 5.74) is 0.361. The number of anilines is 1. The van der Waals surface area contributed by atoms with Gasteiger partial charge in [-0.3, -0.25) is 5.32 Å². The molecule has 0 saturated heterocycles. The average Bonchev–Trinajstić information content (AvgIpc) is 3.08. The van der Waals surface area contributed by atoms with Gasteiger partial charge < -0.3 is 10.4 Å². The predicted molar refractivity (Wildman–Crippen MR) is 81.2 cm³/mol.